The minimum Gasteiger partial charge on any atom is -0.373 e. The highest BCUT2D eigenvalue weighted by Gasteiger charge is 2.10. The van der Waals surface area contributed by atoms with E-state index in [1.807, 2.05) is 5.38 Å². The van der Waals surface area contributed by atoms with Gasteiger partial charge < -0.3 is 5.11 Å². The smallest absolute Gasteiger partial charge is 0.176 e. The van der Waals surface area contributed by atoms with Gasteiger partial charge >= 0.3 is 0 Å². The van der Waals surface area contributed by atoms with Gasteiger partial charge in [0.1, 0.15) is 0 Å². The first-order chi connectivity index (χ1) is 4.75. The fourth-order valence-electron chi connectivity index (χ4n) is 0.559. The molecule has 0 amide bonds. The Hall–Kier alpha value is -0.370. The van der Waals surface area contributed by atoms with Gasteiger partial charge in [-0.25, -0.2) is 0 Å². The Morgan fingerprint density at radius 2 is 2.50 bits per heavy atom. The van der Waals surface area contributed by atoms with Crippen LogP contribution in [0.4, 0.5) is 0 Å². The molecule has 0 saturated carbocycles. The molecular formula is C6H4BrNOS. The molecule has 52 valence electrons. The second-order valence-corrected chi connectivity index (χ2v) is 3.47. The van der Waals surface area contributed by atoms with E-state index in [2.05, 4.69) is 15.9 Å². The Labute approximate surface area is 70.9 Å². The number of nitrogens with zero attached hydrogens (tertiary/aromatic N) is 1. The van der Waals surface area contributed by atoms with Gasteiger partial charge in [0.15, 0.2) is 6.10 Å². The first kappa shape index (κ1) is 7.73. The van der Waals surface area contributed by atoms with Crippen LogP contribution in [0.15, 0.2) is 15.9 Å². The van der Waals surface area contributed by atoms with Crippen molar-refractivity contribution in [2.45, 2.75) is 6.10 Å². The molecule has 0 bridgehead atoms. The van der Waals surface area contributed by atoms with Gasteiger partial charge in [-0.05, 0) is 27.4 Å². The van der Waals surface area contributed by atoms with Crippen LogP contribution in [0.1, 0.15) is 11.0 Å². The van der Waals surface area contributed by atoms with Crippen LogP contribution in [0.5, 0.6) is 0 Å². The van der Waals surface area contributed by atoms with Gasteiger partial charge in [0.05, 0.1) is 10.9 Å². The average molecular weight is 218 g/mol. The van der Waals surface area contributed by atoms with Crippen LogP contribution in [0.25, 0.3) is 0 Å². The molecule has 0 aliphatic carbocycles. The van der Waals surface area contributed by atoms with E-state index in [1.54, 1.807) is 12.1 Å². The largest absolute Gasteiger partial charge is 0.373 e. The number of rotatable bonds is 1. The Balaban J connectivity index is 2.96. The van der Waals surface area contributed by atoms with Gasteiger partial charge in [-0.2, -0.15) is 5.26 Å². The van der Waals surface area contributed by atoms with Crippen molar-refractivity contribution in [3.63, 3.8) is 0 Å². The molecule has 0 aliphatic rings. The van der Waals surface area contributed by atoms with Crippen LogP contribution in [0.3, 0.4) is 0 Å². The number of thiophene rings is 1. The van der Waals surface area contributed by atoms with E-state index in [-0.39, 0.29) is 0 Å². The fraction of sp³-hybridized carbons (Fsp3) is 0.167. The molecule has 1 unspecified atom stereocenters. The summed E-state index contributed by atoms with van der Waals surface area (Å²) in [5.74, 6) is 0. The van der Waals surface area contributed by atoms with E-state index in [0.717, 1.165) is 4.47 Å². The number of hydrogen-bond acceptors (Lipinski definition) is 3. The van der Waals surface area contributed by atoms with Gasteiger partial charge in [0.25, 0.3) is 0 Å². The molecule has 1 heterocycles. The molecule has 0 saturated heterocycles. The van der Waals surface area contributed by atoms with E-state index in [9.17, 15) is 0 Å². The molecule has 2 nitrogen and oxygen atoms in total. The lowest BCUT2D eigenvalue weighted by molar-refractivity contribution is 0.239. The van der Waals surface area contributed by atoms with E-state index in [0.29, 0.717) is 4.88 Å². The quantitative estimate of drug-likeness (QED) is 0.733. The molecule has 1 aromatic heterocycles. The van der Waals surface area contributed by atoms with Crippen molar-refractivity contribution in [2.75, 3.05) is 0 Å². The molecule has 4 heteroatoms. The van der Waals surface area contributed by atoms with Gasteiger partial charge in [-0.15, -0.1) is 11.3 Å². The third-order valence-corrected chi connectivity index (χ3v) is 2.94. The molecule has 1 atom stereocenters. The number of aliphatic hydroxyl groups excluding tert-OH is 1. The van der Waals surface area contributed by atoms with E-state index in [1.165, 1.54) is 11.3 Å². The molecule has 0 fully saturated rings. The van der Waals surface area contributed by atoms with Crippen LogP contribution in [-0.2, 0) is 0 Å². The maximum absolute atomic E-state index is 9.02. The van der Waals surface area contributed by atoms with Gasteiger partial charge in [0, 0.05) is 4.47 Å². The van der Waals surface area contributed by atoms with Crippen LogP contribution in [-0.4, -0.2) is 5.11 Å². The second-order valence-electron chi connectivity index (χ2n) is 1.66. The topological polar surface area (TPSA) is 44.0 Å². The number of hydrogen-bond donors (Lipinski definition) is 1. The highest BCUT2D eigenvalue weighted by Crippen LogP contribution is 2.28. The maximum Gasteiger partial charge on any atom is 0.176 e. The van der Waals surface area contributed by atoms with Crippen molar-refractivity contribution in [1.29, 1.82) is 5.26 Å². The molecule has 0 aromatic carbocycles. The highest BCUT2D eigenvalue weighted by atomic mass is 79.9. The SMILES string of the molecule is N#CC(O)c1sccc1Br. The predicted octanol–water partition coefficient (Wildman–Crippen LogP) is 2.07. The molecule has 1 rings (SSSR count). The number of nitriles is 1. The summed E-state index contributed by atoms with van der Waals surface area (Å²) in [6.07, 6.45) is -0.991. The Morgan fingerprint density at radius 3 is 2.90 bits per heavy atom. The summed E-state index contributed by atoms with van der Waals surface area (Å²) in [5, 5.41) is 19.2. The Bertz CT molecular complexity index is 265. The summed E-state index contributed by atoms with van der Waals surface area (Å²) >= 11 is 4.57. The molecular weight excluding hydrogens is 214 g/mol. The van der Waals surface area contributed by atoms with Crippen molar-refractivity contribution in [2.24, 2.45) is 0 Å². The van der Waals surface area contributed by atoms with Crippen LogP contribution in [0.2, 0.25) is 0 Å². The summed E-state index contributed by atoms with van der Waals surface area (Å²) in [6.45, 7) is 0. The maximum atomic E-state index is 9.02. The predicted molar refractivity (Wildman–Crippen MR) is 42.6 cm³/mol. The van der Waals surface area contributed by atoms with Gasteiger partial charge in [-0.3, -0.25) is 0 Å². The standard InChI is InChI=1S/C6H4BrNOS/c7-4-1-2-10-6(4)5(9)3-8/h1-2,5,9H. The Kier molecular flexibility index (Phi) is 2.44. The average Bonchev–Trinajstić information content (AvgIpc) is 2.34. The van der Waals surface area contributed by atoms with Crippen molar-refractivity contribution in [3.8, 4) is 6.07 Å². The van der Waals surface area contributed by atoms with E-state index >= 15 is 0 Å². The van der Waals surface area contributed by atoms with E-state index < -0.39 is 6.10 Å². The number of halogens is 1. The highest BCUT2D eigenvalue weighted by molar-refractivity contribution is 9.10. The second kappa shape index (κ2) is 3.15. The first-order valence-corrected chi connectivity index (χ1v) is 4.23. The monoisotopic (exact) mass is 217 g/mol. The van der Waals surface area contributed by atoms with Crippen LogP contribution >= 0.6 is 27.3 Å². The minimum absolute atomic E-state index is 0.669. The number of aliphatic hydroxyl groups is 1. The van der Waals surface area contributed by atoms with Crippen molar-refractivity contribution >= 4 is 27.3 Å². The third kappa shape index (κ3) is 1.37. The first-order valence-electron chi connectivity index (χ1n) is 2.56. The van der Waals surface area contributed by atoms with Crippen LogP contribution < -0.4 is 0 Å². The molecule has 10 heavy (non-hydrogen) atoms. The summed E-state index contributed by atoms with van der Waals surface area (Å²) < 4.78 is 0.798. The fourth-order valence-corrected chi connectivity index (χ4v) is 2.08. The normalized spacial score (nSPS) is 12.5. The third-order valence-electron chi connectivity index (χ3n) is 1.02. The lowest BCUT2D eigenvalue weighted by Crippen LogP contribution is -1.88. The van der Waals surface area contributed by atoms with Crippen molar-refractivity contribution in [1.82, 2.24) is 0 Å². The molecule has 0 spiro atoms. The molecule has 0 radical (unpaired) electrons. The minimum atomic E-state index is -0.991. The summed E-state index contributed by atoms with van der Waals surface area (Å²) in [4.78, 5) is 0.669. The zero-order valence-corrected chi connectivity index (χ0v) is 7.32. The van der Waals surface area contributed by atoms with Crippen molar-refractivity contribution < 1.29 is 5.11 Å². The molecule has 1 aromatic rings. The van der Waals surface area contributed by atoms with Crippen LogP contribution in [0, 0.1) is 11.3 Å². The lowest BCUT2D eigenvalue weighted by atomic mass is 10.3. The molecule has 0 aliphatic heterocycles. The Morgan fingerprint density at radius 1 is 1.80 bits per heavy atom. The van der Waals surface area contributed by atoms with Crippen molar-refractivity contribution in [3.05, 3.63) is 20.8 Å². The lowest BCUT2D eigenvalue weighted by Gasteiger charge is -1.95. The molecule has 1 N–H and O–H groups in total. The zero-order valence-electron chi connectivity index (χ0n) is 4.91. The summed E-state index contributed by atoms with van der Waals surface area (Å²) in [5.41, 5.74) is 0. The summed E-state index contributed by atoms with van der Waals surface area (Å²) in [7, 11) is 0. The summed E-state index contributed by atoms with van der Waals surface area (Å²) in [6, 6.07) is 3.55. The zero-order chi connectivity index (χ0) is 7.56. The van der Waals surface area contributed by atoms with E-state index in [4.69, 9.17) is 10.4 Å². The van der Waals surface area contributed by atoms with Gasteiger partial charge in [0.2, 0.25) is 0 Å². The van der Waals surface area contributed by atoms with Gasteiger partial charge in [-0.1, -0.05) is 0 Å².